The molecule has 0 aromatic rings. The molecule has 0 saturated heterocycles. The second kappa shape index (κ2) is 55.9. The molecule has 0 aromatic carbocycles. The van der Waals surface area contributed by atoms with Crippen LogP contribution in [-0.2, 0) is 32.7 Å². The maximum Gasteiger partial charge on any atom is 0.472 e. The van der Waals surface area contributed by atoms with Crippen molar-refractivity contribution in [2.75, 3.05) is 47.5 Å². The molecule has 0 fully saturated rings. The van der Waals surface area contributed by atoms with E-state index in [-0.39, 0.29) is 32.0 Å². The Kier molecular flexibility index (Phi) is 53.1. The SMILES string of the molecule is CC/C=C\C/C=C\C/C=C\C/C=C\C/C=C\C/C=C\C/C=C\C/C=C\CCCCCCCCCCCCC(=O)OC(COC(=O)CCCCCCCCC/C=C\C/C=C\C/C=C\CC)COP(=O)(O)OCC[N+](C)(C)C. The minimum atomic E-state index is -4.40. The lowest BCUT2D eigenvalue weighted by Crippen LogP contribution is -2.37. The van der Waals surface area contributed by atoms with Gasteiger partial charge in [-0.25, -0.2) is 4.57 Å². The molecule has 432 valence electrons. The van der Waals surface area contributed by atoms with E-state index < -0.39 is 26.5 Å². The maximum absolute atomic E-state index is 12.8. The second-order valence-corrected chi connectivity index (χ2v) is 22.1. The van der Waals surface area contributed by atoms with Crippen molar-refractivity contribution in [3.05, 3.63) is 134 Å². The zero-order chi connectivity index (χ0) is 55.6. The summed E-state index contributed by atoms with van der Waals surface area (Å²) in [6.07, 6.45) is 80.9. The highest BCUT2D eigenvalue weighted by Gasteiger charge is 2.27. The molecule has 76 heavy (non-hydrogen) atoms. The van der Waals surface area contributed by atoms with Gasteiger partial charge in [-0.3, -0.25) is 18.6 Å². The van der Waals surface area contributed by atoms with E-state index in [1.165, 1.54) is 57.8 Å². The van der Waals surface area contributed by atoms with Gasteiger partial charge in [0.15, 0.2) is 6.10 Å². The standard InChI is InChI=1S/C66H110NO8P/c1-6-8-10-12-14-16-18-20-22-24-25-26-27-28-29-30-31-32-33-34-35-36-37-38-39-40-41-43-45-47-49-51-53-55-57-59-66(69)75-64(63-74-76(70,71)73-61-60-67(3,4)5)62-72-65(68)58-56-54-52-50-48-46-44-42-23-21-19-17-15-13-11-9-7-2/h8-11,14-17,20-23,25-26,28-29,31-32,34-35,37-38,64H,6-7,12-13,18-19,24,27,30,33,36,39-63H2,1-5H3/p+1/b10-8-,11-9-,16-14-,17-15-,22-20-,23-21-,26-25-,29-28-,32-31-,35-34-,38-37-. The van der Waals surface area contributed by atoms with Gasteiger partial charge in [-0.1, -0.05) is 231 Å². The smallest absolute Gasteiger partial charge is 0.462 e. The molecule has 0 spiro atoms. The lowest BCUT2D eigenvalue weighted by Gasteiger charge is -2.24. The number of carbonyl (C=O) groups excluding carboxylic acids is 2. The van der Waals surface area contributed by atoms with Crippen LogP contribution in [0.3, 0.4) is 0 Å². The van der Waals surface area contributed by atoms with Crippen LogP contribution in [0.15, 0.2) is 134 Å². The van der Waals surface area contributed by atoms with Crippen molar-refractivity contribution in [1.29, 1.82) is 0 Å². The van der Waals surface area contributed by atoms with Crippen LogP contribution < -0.4 is 0 Å². The monoisotopic (exact) mass is 1080 g/mol. The molecule has 2 atom stereocenters. The number of unbranched alkanes of at least 4 members (excludes halogenated alkanes) is 17. The Balaban J connectivity index is 4.16. The largest absolute Gasteiger partial charge is 0.472 e. The zero-order valence-electron chi connectivity index (χ0n) is 48.9. The Morgan fingerprint density at radius 1 is 0.408 bits per heavy atom. The molecular formula is C66H111NO8P+. The fraction of sp³-hybridized carbons (Fsp3) is 0.636. The zero-order valence-corrected chi connectivity index (χ0v) is 49.8. The summed E-state index contributed by atoms with van der Waals surface area (Å²) in [5.41, 5.74) is 0. The van der Waals surface area contributed by atoms with Gasteiger partial charge in [0.1, 0.15) is 19.8 Å². The third-order valence-electron chi connectivity index (χ3n) is 12.2. The van der Waals surface area contributed by atoms with Crippen molar-refractivity contribution < 1.29 is 42.1 Å². The van der Waals surface area contributed by atoms with E-state index >= 15 is 0 Å². The number of likely N-dealkylation sites (N-methyl/N-ethyl adjacent to an activating group) is 1. The predicted molar refractivity (Wildman–Crippen MR) is 325 cm³/mol. The van der Waals surface area contributed by atoms with Gasteiger partial charge in [0.25, 0.3) is 0 Å². The lowest BCUT2D eigenvalue weighted by molar-refractivity contribution is -0.870. The number of hydrogen-bond donors (Lipinski definition) is 1. The first-order valence-corrected chi connectivity index (χ1v) is 31.4. The number of phosphoric ester groups is 1. The maximum atomic E-state index is 12.8. The van der Waals surface area contributed by atoms with Crippen LogP contribution in [0.1, 0.15) is 219 Å². The molecule has 0 rings (SSSR count). The van der Waals surface area contributed by atoms with Crippen LogP contribution >= 0.6 is 7.82 Å². The van der Waals surface area contributed by atoms with Gasteiger partial charge in [0.05, 0.1) is 27.7 Å². The molecule has 0 saturated carbocycles. The van der Waals surface area contributed by atoms with Crippen molar-refractivity contribution in [3.8, 4) is 0 Å². The average molecular weight is 1080 g/mol. The molecule has 10 heteroatoms. The summed E-state index contributed by atoms with van der Waals surface area (Å²) >= 11 is 0. The first-order valence-electron chi connectivity index (χ1n) is 29.9. The number of allylic oxidation sites excluding steroid dienone is 22. The highest BCUT2D eigenvalue weighted by molar-refractivity contribution is 7.47. The second-order valence-electron chi connectivity index (χ2n) is 20.6. The summed E-state index contributed by atoms with van der Waals surface area (Å²) in [5, 5.41) is 0. The molecule has 0 heterocycles. The predicted octanol–water partition coefficient (Wildman–Crippen LogP) is 18.9. The Labute approximate surface area is 466 Å². The fourth-order valence-corrected chi connectivity index (χ4v) is 8.37. The number of nitrogens with zero attached hydrogens (tertiary/aromatic N) is 1. The minimum absolute atomic E-state index is 0.0223. The topological polar surface area (TPSA) is 108 Å². The minimum Gasteiger partial charge on any atom is -0.462 e. The van der Waals surface area contributed by atoms with Gasteiger partial charge >= 0.3 is 19.8 Å². The molecule has 0 bridgehead atoms. The third kappa shape index (κ3) is 59.4. The number of quaternary nitrogens is 1. The highest BCUT2D eigenvalue weighted by atomic mass is 31.2. The van der Waals surface area contributed by atoms with Crippen LogP contribution in [0, 0.1) is 0 Å². The average Bonchev–Trinajstić information content (AvgIpc) is 3.38. The van der Waals surface area contributed by atoms with Crippen LogP contribution in [0.5, 0.6) is 0 Å². The third-order valence-corrected chi connectivity index (χ3v) is 13.2. The quantitative estimate of drug-likeness (QED) is 0.0211. The molecule has 0 radical (unpaired) electrons. The van der Waals surface area contributed by atoms with Gasteiger partial charge in [-0.05, 0) is 109 Å². The van der Waals surface area contributed by atoms with Crippen LogP contribution in [0.2, 0.25) is 0 Å². The van der Waals surface area contributed by atoms with Crippen molar-refractivity contribution in [3.63, 3.8) is 0 Å². The van der Waals surface area contributed by atoms with E-state index in [1.54, 1.807) is 0 Å². The van der Waals surface area contributed by atoms with Crippen LogP contribution in [-0.4, -0.2) is 74.9 Å². The molecule has 2 unspecified atom stereocenters. The molecule has 0 amide bonds. The number of carbonyl (C=O) groups is 2. The van der Waals surface area contributed by atoms with Gasteiger partial charge in [0.2, 0.25) is 0 Å². The van der Waals surface area contributed by atoms with E-state index in [2.05, 4.69) is 148 Å². The Hall–Kier alpha value is -3.85. The fourth-order valence-electron chi connectivity index (χ4n) is 7.63. The van der Waals surface area contributed by atoms with Crippen LogP contribution in [0.4, 0.5) is 0 Å². The van der Waals surface area contributed by atoms with Gasteiger partial charge < -0.3 is 18.9 Å². The normalized spacial score (nSPS) is 14.2. The Morgan fingerprint density at radius 2 is 0.711 bits per heavy atom. The lowest BCUT2D eigenvalue weighted by atomic mass is 10.0. The van der Waals surface area contributed by atoms with E-state index in [9.17, 15) is 19.0 Å². The van der Waals surface area contributed by atoms with Crippen molar-refractivity contribution in [2.45, 2.75) is 225 Å². The summed E-state index contributed by atoms with van der Waals surface area (Å²) < 4.78 is 34.5. The van der Waals surface area contributed by atoms with Gasteiger partial charge in [-0.2, -0.15) is 0 Å². The Bertz CT molecular complexity index is 1740. The molecule has 0 aliphatic carbocycles. The molecule has 0 aromatic heterocycles. The summed E-state index contributed by atoms with van der Waals surface area (Å²) in [7, 11) is 1.45. The number of ether oxygens (including phenoxy) is 2. The number of phosphoric acid groups is 1. The van der Waals surface area contributed by atoms with E-state index in [0.29, 0.717) is 17.4 Å². The Morgan fingerprint density at radius 3 is 1.05 bits per heavy atom. The van der Waals surface area contributed by atoms with Crippen LogP contribution in [0.25, 0.3) is 0 Å². The summed E-state index contributed by atoms with van der Waals surface area (Å²) in [6, 6.07) is 0. The molecule has 0 aliphatic rings. The number of hydrogen-bond acceptors (Lipinski definition) is 7. The highest BCUT2D eigenvalue weighted by Crippen LogP contribution is 2.43. The van der Waals surface area contributed by atoms with Crippen molar-refractivity contribution in [2.24, 2.45) is 0 Å². The van der Waals surface area contributed by atoms with Gasteiger partial charge in [-0.15, -0.1) is 0 Å². The summed E-state index contributed by atoms with van der Waals surface area (Å²) in [4.78, 5) is 35.7. The first-order chi connectivity index (χ1) is 37.0. The molecular weight excluding hydrogens is 966 g/mol. The first kappa shape index (κ1) is 72.2. The molecule has 0 aliphatic heterocycles. The van der Waals surface area contributed by atoms with E-state index in [1.807, 2.05) is 21.1 Å². The molecule has 1 N–H and O–H groups in total. The number of rotatable bonds is 53. The van der Waals surface area contributed by atoms with Gasteiger partial charge in [0, 0.05) is 12.8 Å². The number of esters is 2. The summed E-state index contributed by atoms with van der Waals surface area (Å²) in [5.74, 6) is -0.822. The summed E-state index contributed by atoms with van der Waals surface area (Å²) in [6.45, 7) is 4.18. The van der Waals surface area contributed by atoms with Crippen molar-refractivity contribution >= 4 is 19.8 Å². The van der Waals surface area contributed by atoms with Crippen molar-refractivity contribution in [1.82, 2.24) is 0 Å². The molecule has 9 nitrogen and oxygen atoms in total. The van der Waals surface area contributed by atoms with E-state index in [0.717, 1.165) is 128 Å². The van der Waals surface area contributed by atoms with E-state index in [4.69, 9.17) is 18.5 Å².